The minimum atomic E-state index is 0.687. The molecule has 1 fully saturated rings. The Balaban J connectivity index is 1.93. The van der Waals surface area contributed by atoms with Gasteiger partial charge in [-0.25, -0.2) is 0 Å². The van der Waals surface area contributed by atoms with E-state index in [0.717, 1.165) is 12.5 Å². The Morgan fingerprint density at radius 2 is 2.13 bits per heavy atom. The van der Waals surface area contributed by atoms with Crippen LogP contribution in [-0.4, -0.2) is 37.6 Å². The molecule has 1 atom stereocenters. The standard InChI is InChI=1S/C13H28N2/c1-4-14-12(2)7-6-10-15(3)11-13-8-5-9-13/h12-14H,4-11H2,1-3H3. The van der Waals surface area contributed by atoms with Crippen molar-refractivity contribution < 1.29 is 0 Å². The lowest BCUT2D eigenvalue weighted by Gasteiger charge is -2.30. The van der Waals surface area contributed by atoms with Crippen LogP contribution in [-0.2, 0) is 0 Å². The fourth-order valence-corrected chi connectivity index (χ4v) is 2.33. The lowest BCUT2D eigenvalue weighted by atomic mass is 9.85. The predicted octanol–water partition coefficient (Wildman–Crippen LogP) is 2.50. The Kier molecular flexibility index (Phi) is 6.26. The number of nitrogens with one attached hydrogen (secondary N) is 1. The fourth-order valence-electron chi connectivity index (χ4n) is 2.33. The minimum absolute atomic E-state index is 0.687. The summed E-state index contributed by atoms with van der Waals surface area (Å²) < 4.78 is 0. The lowest BCUT2D eigenvalue weighted by molar-refractivity contribution is 0.202. The first-order valence-corrected chi connectivity index (χ1v) is 6.64. The molecular weight excluding hydrogens is 184 g/mol. The van der Waals surface area contributed by atoms with Crippen LogP contribution >= 0.6 is 0 Å². The van der Waals surface area contributed by atoms with Crippen LogP contribution in [0, 0.1) is 5.92 Å². The monoisotopic (exact) mass is 212 g/mol. The van der Waals surface area contributed by atoms with Crippen molar-refractivity contribution in [2.45, 2.75) is 52.0 Å². The number of nitrogens with zero attached hydrogens (tertiary/aromatic N) is 1. The van der Waals surface area contributed by atoms with E-state index < -0.39 is 0 Å². The van der Waals surface area contributed by atoms with E-state index in [2.05, 4.69) is 31.1 Å². The van der Waals surface area contributed by atoms with Crippen molar-refractivity contribution in [2.24, 2.45) is 5.92 Å². The van der Waals surface area contributed by atoms with Crippen LogP contribution in [0.4, 0.5) is 0 Å². The Hall–Kier alpha value is -0.0800. The molecule has 1 rings (SSSR count). The van der Waals surface area contributed by atoms with Crippen molar-refractivity contribution >= 4 is 0 Å². The first kappa shape index (κ1) is 13.0. The molecule has 90 valence electrons. The first-order valence-electron chi connectivity index (χ1n) is 6.64. The zero-order valence-electron chi connectivity index (χ0n) is 10.8. The van der Waals surface area contributed by atoms with E-state index in [9.17, 15) is 0 Å². The van der Waals surface area contributed by atoms with Crippen molar-refractivity contribution in [3.63, 3.8) is 0 Å². The molecule has 1 N–H and O–H groups in total. The van der Waals surface area contributed by atoms with Crippen LogP contribution in [0.2, 0.25) is 0 Å². The topological polar surface area (TPSA) is 15.3 Å². The van der Waals surface area contributed by atoms with Gasteiger partial charge in [0.15, 0.2) is 0 Å². The van der Waals surface area contributed by atoms with Gasteiger partial charge in [0.1, 0.15) is 0 Å². The van der Waals surface area contributed by atoms with Gasteiger partial charge >= 0.3 is 0 Å². The summed E-state index contributed by atoms with van der Waals surface area (Å²) in [5, 5.41) is 3.46. The van der Waals surface area contributed by atoms with Crippen molar-refractivity contribution in [2.75, 3.05) is 26.7 Å². The molecule has 0 aromatic heterocycles. The summed E-state index contributed by atoms with van der Waals surface area (Å²) in [6, 6.07) is 0.687. The minimum Gasteiger partial charge on any atom is -0.315 e. The maximum absolute atomic E-state index is 3.46. The van der Waals surface area contributed by atoms with Crippen LogP contribution < -0.4 is 5.32 Å². The Morgan fingerprint density at radius 1 is 1.40 bits per heavy atom. The molecule has 2 heteroatoms. The number of hydrogen-bond acceptors (Lipinski definition) is 2. The van der Waals surface area contributed by atoms with Gasteiger partial charge in [-0.15, -0.1) is 0 Å². The third kappa shape index (κ3) is 5.53. The van der Waals surface area contributed by atoms with Crippen molar-refractivity contribution in [1.82, 2.24) is 10.2 Å². The van der Waals surface area contributed by atoms with Gasteiger partial charge in [0.05, 0.1) is 0 Å². The molecule has 0 radical (unpaired) electrons. The van der Waals surface area contributed by atoms with Gasteiger partial charge in [-0.2, -0.15) is 0 Å². The predicted molar refractivity (Wildman–Crippen MR) is 67.2 cm³/mol. The first-order chi connectivity index (χ1) is 7.22. The van der Waals surface area contributed by atoms with Gasteiger partial charge in [-0.1, -0.05) is 13.3 Å². The van der Waals surface area contributed by atoms with Gasteiger partial charge in [0, 0.05) is 12.6 Å². The van der Waals surface area contributed by atoms with E-state index in [1.54, 1.807) is 0 Å². The molecule has 0 amide bonds. The SMILES string of the molecule is CCNC(C)CCCN(C)CC1CCC1. The highest BCUT2D eigenvalue weighted by Crippen LogP contribution is 2.26. The van der Waals surface area contributed by atoms with Crippen LogP contribution in [0.3, 0.4) is 0 Å². The molecule has 0 aliphatic heterocycles. The molecule has 1 aliphatic carbocycles. The summed E-state index contributed by atoms with van der Waals surface area (Å²) in [4.78, 5) is 2.52. The van der Waals surface area contributed by atoms with Crippen molar-refractivity contribution in [3.05, 3.63) is 0 Å². The molecule has 0 heterocycles. The van der Waals surface area contributed by atoms with E-state index in [1.165, 1.54) is 45.2 Å². The van der Waals surface area contributed by atoms with Crippen LogP contribution in [0.15, 0.2) is 0 Å². The van der Waals surface area contributed by atoms with Gasteiger partial charge in [-0.05, 0) is 58.7 Å². The summed E-state index contributed by atoms with van der Waals surface area (Å²) in [5.41, 5.74) is 0. The zero-order chi connectivity index (χ0) is 11.1. The molecule has 15 heavy (non-hydrogen) atoms. The van der Waals surface area contributed by atoms with Gasteiger partial charge in [-0.3, -0.25) is 0 Å². The van der Waals surface area contributed by atoms with Crippen molar-refractivity contribution in [1.29, 1.82) is 0 Å². The van der Waals surface area contributed by atoms with Crippen LogP contribution in [0.25, 0.3) is 0 Å². The van der Waals surface area contributed by atoms with E-state index in [-0.39, 0.29) is 0 Å². The molecule has 0 aromatic carbocycles. The molecule has 0 saturated heterocycles. The summed E-state index contributed by atoms with van der Waals surface area (Å²) in [6.45, 7) is 8.16. The quantitative estimate of drug-likeness (QED) is 0.665. The molecule has 0 spiro atoms. The van der Waals surface area contributed by atoms with Gasteiger partial charge in [0.25, 0.3) is 0 Å². The van der Waals surface area contributed by atoms with E-state index in [1.807, 2.05) is 0 Å². The molecule has 0 bridgehead atoms. The normalized spacial score (nSPS) is 19.2. The highest BCUT2D eigenvalue weighted by Gasteiger charge is 2.18. The second-order valence-corrected chi connectivity index (χ2v) is 5.16. The summed E-state index contributed by atoms with van der Waals surface area (Å²) >= 11 is 0. The lowest BCUT2D eigenvalue weighted by Crippen LogP contribution is -2.31. The second kappa shape index (κ2) is 7.24. The molecule has 1 aliphatic rings. The third-order valence-corrected chi connectivity index (χ3v) is 3.52. The number of rotatable bonds is 8. The highest BCUT2D eigenvalue weighted by atomic mass is 15.1. The summed E-state index contributed by atoms with van der Waals surface area (Å²) in [7, 11) is 2.27. The molecule has 2 nitrogen and oxygen atoms in total. The Labute approximate surface area is 95.4 Å². The molecule has 1 unspecified atom stereocenters. The largest absolute Gasteiger partial charge is 0.315 e. The summed E-state index contributed by atoms with van der Waals surface area (Å²) in [5.74, 6) is 1.01. The molecular formula is C13H28N2. The maximum atomic E-state index is 3.46. The van der Waals surface area contributed by atoms with E-state index in [4.69, 9.17) is 0 Å². The van der Waals surface area contributed by atoms with Gasteiger partial charge < -0.3 is 10.2 Å². The average Bonchev–Trinajstić information content (AvgIpc) is 2.12. The van der Waals surface area contributed by atoms with Crippen LogP contribution in [0.1, 0.15) is 46.0 Å². The highest BCUT2D eigenvalue weighted by molar-refractivity contribution is 4.72. The summed E-state index contributed by atoms with van der Waals surface area (Å²) in [6.07, 6.45) is 7.05. The zero-order valence-corrected chi connectivity index (χ0v) is 10.8. The molecule has 0 aromatic rings. The van der Waals surface area contributed by atoms with Gasteiger partial charge in [0.2, 0.25) is 0 Å². The third-order valence-electron chi connectivity index (χ3n) is 3.52. The van der Waals surface area contributed by atoms with Crippen molar-refractivity contribution in [3.8, 4) is 0 Å². The molecule has 1 saturated carbocycles. The average molecular weight is 212 g/mol. The fraction of sp³-hybridized carbons (Fsp3) is 1.00. The van der Waals surface area contributed by atoms with Crippen LogP contribution in [0.5, 0.6) is 0 Å². The second-order valence-electron chi connectivity index (χ2n) is 5.16. The Morgan fingerprint density at radius 3 is 2.67 bits per heavy atom. The van der Waals surface area contributed by atoms with E-state index in [0.29, 0.717) is 6.04 Å². The Bertz CT molecular complexity index is 155. The van der Waals surface area contributed by atoms with E-state index >= 15 is 0 Å². The smallest absolute Gasteiger partial charge is 0.00390 e. The number of hydrogen-bond donors (Lipinski definition) is 1. The maximum Gasteiger partial charge on any atom is 0.00390 e.